The molecule has 0 radical (unpaired) electrons. The molecule has 0 bridgehead atoms. The number of hydrogen-bond acceptors (Lipinski definition) is 2. The van der Waals surface area contributed by atoms with Gasteiger partial charge in [0.05, 0.1) is 13.7 Å². The van der Waals surface area contributed by atoms with Gasteiger partial charge in [-0.15, -0.1) is 0 Å². The molecule has 0 aliphatic rings. The van der Waals surface area contributed by atoms with Crippen molar-refractivity contribution >= 4 is 5.96 Å². The van der Waals surface area contributed by atoms with Gasteiger partial charge in [-0.1, -0.05) is 6.92 Å². The lowest BCUT2D eigenvalue weighted by Crippen LogP contribution is -2.38. The van der Waals surface area contributed by atoms with Crippen molar-refractivity contribution in [1.29, 1.82) is 0 Å². The van der Waals surface area contributed by atoms with Crippen LogP contribution >= 0.6 is 0 Å². The van der Waals surface area contributed by atoms with E-state index in [1.807, 2.05) is 6.92 Å². The van der Waals surface area contributed by atoms with Gasteiger partial charge in [0, 0.05) is 12.1 Å². The van der Waals surface area contributed by atoms with Crippen LogP contribution in [-0.2, 0) is 6.54 Å². The lowest BCUT2D eigenvalue weighted by atomic mass is 10.2. The average molecular weight is 253 g/mol. The van der Waals surface area contributed by atoms with Crippen LogP contribution in [0.1, 0.15) is 25.8 Å². The Kier molecular flexibility index (Phi) is 5.42. The van der Waals surface area contributed by atoms with Gasteiger partial charge in [-0.2, -0.15) is 0 Å². The highest BCUT2D eigenvalue weighted by Gasteiger charge is 2.02. The molecule has 1 aromatic carbocycles. The zero-order valence-corrected chi connectivity index (χ0v) is 11.0. The predicted molar refractivity (Wildman–Crippen MR) is 71.2 cm³/mol. The molecule has 0 heterocycles. The van der Waals surface area contributed by atoms with Gasteiger partial charge in [-0.3, -0.25) is 0 Å². The summed E-state index contributed by atoms with van der Waals surface area (Å²) in [5.74, 6) is 0.509. The van der Waals surface area contributed by atoms with Crippen molar-refractivity contribution in [3.8, 4) is 5.75 Å². The van der Waals surface area contributed by atoms with E-state index in [0.717, 1.165) is 12.0 Å². The number of halogens is 1. The first-order valence-corrected chi connectivity index (χ1v) is 5.95. The van der Waals surface area contributed by atoms with Crippen LogP contribution in [0.2, 0.25) is 0 Å². The molecule has 18 heavy (non-hydrogen) atoms. The van der Waals surface area contributed by atoms with Crippen LogP contribution in [0.5, 0.6) is 5.75 Å². The molecule has 1 unspecified atom stereocenters. The first-order valence-electron chi connectivity index (χ1n) is 5.95. The van der Waals surface area contributed by atoms with Crippen molar-refractivity contribution in [2.24, 2.45) is 10.7 Å². The number of benzene rings is 1. The summed E-state index contributed by atoms with van der Waals surface area (Å²) in [6, 6.07) is 4.76. The monoisotopic (exact) mass is 253 g/mol. The number of aliphatic imine (C=N–C) groups is 1. The lowest BCUT2D eigenvalue weighted by molar-refractivity contribution is 0.410. The zero-order valence-electron chi connectivity index (χ0n) is 11.0. The van der Waals surface area contributed by atoms with Crippen LogP contribution in [0.3, 0.4) is 0 Å². The summed E-state index contributed by atoms with van der Waals surface area (Å²) in [5.41, 5.74) is 6.44. The number of hydrogen-bond donors (Lipinski definition) is 2. The Balaban J connectivity index is 2.67. The molecule has 0 aromatic heterocycles. The highest BCUT2D eigenvalue weighted by molar-refractivity contribution is 5.78. The maximum Gasteiger partial charge on any atom is 0.189 e. The summed E-state index contributed by atoms with van der Waals surface area (Å²) in [7, 11) is 1.50. The van der Waals surface area contributed by atoms with E-state index < -0.39 is 0 Å². The smallest absolute Gasteiger partial charge is 0.189 e. The Bertz CT molecular complexity index is 421. The summed E-state index contributed by atoms with van der Waals surface area (Å²) in [6.45, 7) is 4.40. The maximum absolute atomic E-state index is 13.2. The van der Waals surface area contributed by atoms with E-state index in [0.29, 0.717) is 18.3 Å². The second-order valence-electron chi connectivity index (χ2n) is 4.15. The van der Waals surface area contributed by atoms with Crippen LogP contribution in [0.25, 0.3) is 0 Å². The molecule has 0 fully saturated rings. The van der Waals surface area contributed by atoms with Gasteiger partial charge >= 0.3 is 0 Å². The summed E-state index contributed by atoms with van der Waals surface area (Å²) < 4.78 is 18.2. The van der Waals surface area contributed by atoms with Gasteiger partial charge < -0.3 is 15.8 Å². The third-order valence-electron chi connectivity index (χ3n) is 2.61. The Hall–Kier alpha value is -1.78. The van der Waals surface area contributed by atoms with E-state index in [1.165, 1.54) is 19.2 Å². The quantitative estimate of drug-likeness (QED) is 0.623. The average Bonchev–Trinajstić information content (AvgIpc) is 2.35. The number of nitrogens with two attached hydrogens (primary N) is 1. The van der Waals surface area contributed by atoms with Gasteiger partial charge in [0.1, 0.15) is 11.6 Å². The van der Waals surface area contributed by atoms with Crippen molar-refractivity contribution in [3.63, 3.8) is 0 Å². The van der Waals surface area contributed by atoms with E-state index >= 15 is 0 Å². The number of rotatable bonds is 5. The molecule has 0 amide bonds. The molecule has 0 aliphatic carbocycles. The largest absolute Gasteiger partial charge is 0.497 e. The summed E-state index contributed by atoms with van der Waals surface area (Å²) in [4.78, 5) is 4.16. The minimum Gasteiger partial charge on any atom is -0.497 e. The summed E-state index contributed by atoms with van der Waals surface area (Å²) in [6.07, 6.45) is 0.962. The van der Waals surface area contributed by atoms with Crippen molar-refractivity contribution in [3.05, 3.63) is 29.6 Å². The van der Waals surface area contributed by atoms with E-state index in [4.69, 9.17) is 10.5 Å². The molecule has 100 valence electrons. The molecule has 0 saturated carbocycles. The Morgan fingerprint density at radius 2 is 2.22 bits per heavy atom. The molecule has 3 N–H and O–H groups in total. The van der Waals surface area contributed by atoms with Gasteiger partial charge in [0.2, 0.25) is 0 Å². The summed E-state index contributed by atoms with van der Waals surface area (Å²) in [5, 5.41) is 3.05. The number of methoxy groups -OCH3 is 1. The minimum absolute atomic E-state index is 0.274. The number of nitrogens with one attached hydrogen (secondary N) is 1. The van der Waals surface area contributed by atoms with Crippen LogP contribution in [-0.4, -0.2) is 19.1 Å². The molecular weight excluding hydrogens is 233 g/mol. The molecule has 0 spiro atoms. The standard InChI is InChI=1S/C13H20FN3O/c1-4-9(2)17-13(15)16-8-10-5-11(14)7-12(6-10)18-3/h5-7,9H,4,8H2,1-3H3,(H3,15,16,17). The van der Waals surface area contributed by atoms with Crippen LogP contribution in [0, 0.1) is 5.82 Å². The van der Waals surface area contributed by atoms with Crippen LogP contribution in [0.4, 0.5) is 4.39 Å². The van der Waals surface area contributed by atoms with Gasteiger partial charge in [-0.05, 0) is 31.0 Å². The molecule has 0 aliphatic heterocycles. The highest BCUT2D eigenvalue weighted by Crippen LogP contribution is 2.16. The van der Waals surface area contributed by atoms with E-state index in [2.05, 4.69) is 17.2 Å². The number of ether oxygens (including phenoxy) is 1. The summed E-state index contributed by atoms with van der Waals surface area (Å²) >= 11 is 0. The number of nitrogens with zero attached hydrogens (tertiary/aromatic N) is 1. The van der Waals surface area contributed by atoms with Gasteiger partial charge in [0.25, 0.3) is 0 Å². The first kappa shape index (κ1) is 14.3. The second-order valence-corrected chi connectivity index (χ2v) is 4.15. The van der Waals surface area contributed by atoms with Crippen molar-refractivity contribution in [2.45, 2.75) is 32.9 Å². The lowest BCUT2D eigenvalue weighted by Gasteiger charge is -2.11. The van der Waals surface area contributed by atoms with E-state index in [1.54, 1.807) is 6.07 Å². The second kappa shape index (κ2) is 6.83. The Morgan fingerprint density at radius 1 is 1.50 bits per heavy atom. The Labute approximate surface area is 107 Å². The van der Waals surface area contributed by atoms with Crippen molar-refractivity contribution < 1.29 is 9.13 Å². The van der Waals surface area contributed by atoms with Crippen LogP contribution in [0.15, 0.2) is 23.2 Å². The molecule has 4 nitrogen and oxygen atoms in total. The third-order valence-corrected chi connectivity index (χ3v) is 2.61. The Morgan fingerprint density at radius 3 is 2.83 bits per heavy atom. The number of guanidine groups is 1. The molecular formula is C13H20FN3O. The highest BCUT2D eigenvalue weighted by atomic mass is 19.1. The van der Waals surface area contributed by atoms with Gasteiger partial charge in [-0.25, -0.2) is 9.38 Å². The fraction of sp³-hybridized carbons (Fsp3) is 0.462. The molecule has 1 atom stereocenters. The van der Waals surface area contributed by atoms with E-state index in [9.17, 15) is 4.39 Å². The third kappa shape index (κ3) is 4.61. The zero-order chi connectivity index (χ0) is 13.5. The fourth-order valence-electron chi connectivity index (χ4n) is 1.41. The van der Waals surface area contributed by atoms with Gasteiger partial charge in [0.15, 0.2) is 5.96 Å². The SMILES string of the molecule is CCC(C)NC(N)=NCc1cc(F)cc(OC)c1. The van der Waals surface area contributed by atoms with Crippen molar-refractivity contribution in [1.82, 2.24) is 5.32 Å². The van der Waals surface area contributed by atoms with Crippen LogP contribution < -0.4 is 15.8 Å². The maximum atomic E-state index is 13.2. The molecule has 1 aromatic rings. The van der Waals surface area contributed by atoms with Crippen molar-refractivity contribution in [2.75, 3.05) is 7.11 Å². The molecule has 1 rings (SSSR count). The normalized spacial score (nSPS) is 13.2. The topological polar surface area (TPSA) is 59.6 Å². The minimum atomic E-state index is -0.340. The molecule has 0 saturated heterocycles. The fourth-order valence-corrected chi connectivity index (χ4v) is 1.41. The predicted octanol–water partition coefficient (Wildman–Crippen LogP) is 2.04. The first-order chi connectivity index (χ1) is 8.55. The molecule has 5 heteroatoms. The van der Waals surface area contributed by atoms with E-state index in [-0.39, 0.29) is 11.9 Å².